The number of ether oxygens (including phenoxy) is 2. The minimum atomic E-state index is -0.763. The Bertz CT molecular complexity index is 1040. The maximum Gasteiger partial charge on any atom is 0.295 e. The highest BCUT2D eigenvalue weighted by atomic mass is 35.5. The molecule has 1 unspecified atom stereocenters. The molecule has 170 valence electrons. The highest BCUT2D eigenvalue weighted by molar-refractivity contribution is 6.46. The second-order valence-electron chi connectivity index (χ2n) is 7.87. The number of aryl methyl sites for hydroxylation is 1. The lowest BCUT2D eigenvalue weighted by atomic mass is 9.95. The molecule has 1 aliphatic rings. The molecule has 8 heteroatoms. The summed E-state index contributed by atoms with van der Waals surface area (Å²) in [5, 5.41) is 11.6. The predicted molar refractivity (Wildman–Crippen MR) is 122 cm³/mol. The van der Waals surface area contributed by atoms with Crippen LogP contribution in [-0.2, 0) is 14.3 Å². The molecule has 2 aromatic rings. The summed E-state index contributed by atoms with van der Waals surface area (Å²) in [6.07, 6.45) is 3.79. The molecule has 3 rings (SSSR count). The van der Waals surface area contributed by atoms with Crippen LogP contribution in [0.15, 0.2) is 42.2 Å². The van der Waals surface area contributed by atoms with Gasteiger partial charge in [0.1, 0.15) is 11.5 Å². The summed E-state index contributed by atoms with van der Waals surface area (Å²) in [5.74, 6) is -1.52. The molecule has 1 aliphatic heterocycles. The maximum atomic E-state index is 13.1. The number of aliphatic hydroxyl groups excluding tert-OH is 1. The third kappa shape index (κ3) is 4.79. The lowest BCUT2D eigenvalue weighted by Crippen LogP contribution is -2.31. The normalized spacial score (nSPS) is 17.9. The van der Waals surface area contributed by atoms with Crippen LogP contribution in [0.25, 0.3) is 5.76 Å². The first-order valence-electron chi connectivity index (χ1n) is 10.4. The zero-order valence-corrected chi connectivity index (χ0v) is 19.3. The molecule has 2 heterocycles. The van der Waals surface area contributed by atoms with Crippen molar-refractivity contribution in [2.75, 3.05) is 20.3 Å². The number of carbonyl (C=O) groups excluding carboxylic acids is 2. The number of methoxy groups -OCH3 is 1. The fourth-order valence-electron chi connectivity index (χ4n) is 3.81. The number of aromatic nitrogens is 1. The van der Waals surface area contributed by atoms with E-state index < -0.39 is 17.7 Å². The lowest BCUT2D eigenvalue weighted by molar-refractivity contribution is -0.140. The van der Waals surface area contributed by atoms with E-state index in [0.717, 1.165) is 5.56 Å². The van der Waals surface area contributed by atoms with Crippen molar-refractivity contribution < 1.29 is 24.2 Å². The van der Waals surface area contributed by atoms with E-state index in [1.807, 2.05) is 20.8 Å². The first-order chi connectivity index (χ1) is 15.3. The number of hydrogen-bond acceptors (Lipinski definition) is 6. The highest BCUT2D eigenvalue weighted by Gasteiger charge is 2.46. The van der Waals surface area contributed by atoms with Gasteiger partial charge in [-0.3, -0.25) is 14.6 Å². The number of amides is 1. The summed E-state index contributed by atoms with van der Waals surface area (Å²) in [5.41, 5.74) is 1.70. The Labute approximate surface area is 192 Å². The van der Waals surface area contributed by atoms with Crippen LogP contribution in [0, 0.1) is 6.92 Å². The van der Waals surface area contributed by atoms with Crippen molar-refractivity contribution in [2.45, 2.75) is 39.3 Å². The summed E-state index contributed by atoms with van der Waals surface area (Å²) in [6, 6.07) is 6.06. The van der Waals surface area contributed by atoms with Gasteiger partial charge in [-0.1, -0.05) is 11.6 Å². The Balaban J connectivity index is 2.11. The van der Waals surface area contributed by atoms with Gasteiger partial charge in [0, 0.05) is 25.5 Å². The number of carbonyl (C=O) groups is 2. The van der Waals surface area contributed by atoms with Crippen molar-refractivity contribution in [2.24, 2.45) is 0 Å². The van der Waals surface area contributed by atoms with Gasteiger partial charge in [-0.05, 0) is 62.6 Å². The van der Waals surface area contributed by atoms with Crippen LogP contribution in [0.1, 0.15) is 43.0 Å². The Hall–Kier alpha value is -2.90. The van der Waals surface area contributed by atoms with Crippen LogP contribution in [0.5, 0.6) is 5.75 Å². The largest absolute Gasteiger partial charge is 0.507 e. The SMILES string of the molecule is COc1c(Cl)cc(C)cc1/C(O)=C1\C(=O)C(=O)N(CCCOC(C)C)C1c1ccncc1. The molecule has 1 fully saturated rings. The van der Waals surface area contributed by atoms with E-state index in [1.54, 1.807) is 36.7 Å². The predicted octanol–water partition coefficient (Wildman–Crippen LogP) is 4.29. The van der Waals surface area contributed by atoms with E-state index in [2.05, 4.69) is 4.98 Å². The van der Waals surface area contributed by atoms with E-state index in [9.17, 15) is 14.7 Å². The number of rotatable bonds is 8. The van der Waals surface area contributed by atoms with E-state index >= 15 is 0 Å². The molecule has 1 amide bonds. The fraction of sp³-hybridized carbons (Fsp3) is 0.375. The molecule has 1 N–H and O–H groups in total. The summed E-state index contributed by atoms with van der Waals surface area (Å²) >= 11 is 6.30. The van der Waals surface area contributed by atoms with Crippen molar-refractivity contribution in [3.8, 4) is 5.75 Å². The third-order valence-electron chi connectivity index (χ3n) is 5.20. The Morgan fingerprint density at radius 3 is 2.56 bits per heavy atom. The molecular formula is C24H27ClN2O5. The molecule has 0 aliphatic carbocycles. The zero-order valence-electron chi connectivity index (χ0n) is 18.6. The van der Waals surface area contributed by atoms with Crippen LogP contribution >= 0.6 is 11.6 Å². The molecule has 0 bridgehead atoms. The molecular weight excluding hydrogens is 432 g/mol. The number of likely N-dealkylation sites (tertiary alicyclic amines) is 1. The number of aliphatic hydroxyl groups is 1. The van der Waals surface area contributed by atoms with Crippen molar-refractivity contribution in [1.82, 2.24) is 9.88 Å². The molecule has 0 radical (unpaired) electrons. The first kappa shape index (κ1) is 23.8. The monoisotopic (exact) mass is 458 g/mol. The van der Waals surface area contributed by atoms with Crippen molar-refractivity contribution in [3.05, 3.63) is 63.9 Å². The number of ketones is 1. The fourth-order valence-corrected chi connectivity index (χ4v) is 4.17. The summed E-state index contributed by atoms with van der Waals surface area (Å²) in [6.45, 7) is 6.43. The molecule has 0 saturated carbocycles. The van der Waals surface area contributed by atoms with Crippen molar-refractivity contribution >= 4 is 29.1 Å². The topological polar surface area (TPSA) is 89.0 Å². The van der Waals surface area contributed by atoms with Crippen LogP contribution in [0.2, 0.25) is 5.02 Å². The van der Waals surface area contributed by atoms with E-state index in [-0.39, 0.29) is 28.7 Å². The van der Waals surface area contributed by atoms with Gasteiger partial charge in [0.2, 0.25) is 0 Å². The van der Waals surface area contributed by atoms with Crippen LogP contribution in [0.3, 0.4) is 0 Å². The summed E-state index contributed by atoms with van der Waals surface area (Å²) in [7, 11) is 1.43. The number of hydrogen-bond donors (Lipinski definition) is 1. The minimum absolute atomic E-state index is 0.00838. The van der Waals surface area contributed by atoms with Gasteiger partial charge in [-0.25, -0.2) is 0 Å². The molecule has 32 heavy (non-hydrogen) atoms. The Morgan fingerprint density at radius 2 is 1.94 bits per heavy atom. The van der Waals surface area contributed by atoms with Gasteiger partial charge in [0.15, 0.2) is 0 Å². The van der Waals surface area contributed by atoms with Gasteiger partial charge in [0.25, 0.3) is 11.7 Å². The Kier molecular flexibility index (Phi) is 7.53. The van der Waals surface area contributed by atoms with Gasteiger partial charge < -0.3 is 19.5 Å². The lowest BCUT2D eigenvalue weighted by Gasteiger charge is -2.25. The van der Waals surface area contributed by atoms with Gasteiger partial charge >= 0.3 is 0 Å². The second-order valence-corrected chi connectivity index (χ2v) is 8.28. The molecule has 1 saturated heterocycles. The molecule has 1 atom stereocenters. The highest BCUT2D eigenvalue weighted by Crippen LogP contribution is 2.42. The number of benzene rings is 1. The van der Waals surface area contributed by atoms with Crippen molar-refractivity contribution in [1.29, 1.82) is 0 Å². The van der Waals surface area contributed by atoms with Crippen LogP contribution in [-0.4, -0.2) is 53.0 Å². The van der Waals surface area contributed by atoms with Crippen LogP contribution in [0.4, 0.5) is 0 Å². The summed E-state index contributed by atoms with van der Waals surface area (Å²) < 4.78 is 11.0. The average molecular weight is 459 g/mol. The summed E-state index contributed by atoms with van der Waals surface area (Å²) in [4.78, 5) is 31.6. The number of nitrogens with zero attached hydrogens (tertiary/aromatic N) is 2. The quantitative estimate of drug-likeness (QED) is 0.275. The van der Waals surface area contributed by atoms with Gasteiger partial charge in [-0.15, -0.1) is 0 Å². The zero-order chi connectivity index (χ0) is 23.4. The second kappa shape index (κ2) is 10.1. The molecule has 7 nitrogen and oxygen atoms in total. The minimum Gasteiger partial charge on any atom is -0.507 e. The van der Waals surface area contributed by atoms with Gasteiger partial charge in [0.05, 0.1) is 35.4 Å². The molecule has 1 aromatic heterocycles. The molecule has 0 spiro atoms. The maximum absolute atomic E-state index is 13.1. The van der Waals surface area contributed by atoms with E-state index in [1.165, 1.54) is 12.0 Å². The molecule has 1 aromatic carbocycles. The van der Waals surface area contributed by atoms with E-state index in [0.29, 0.717) is 30.2 Å². The smallest absolute Gasteiger partial charge is 0.295 e. The van der Waals surface area contributed by atoms with Crippen molar-refractivity contribution in [3.63, 3.8) is 0 Å². The van der Waals surface area contributed by atoms with Gasteiger partial charge in [-0.2, -0.15) is 0 Å². The standard InChI is InChI=1S/C24H27ClN2O5/c1-14(2)32-11-5-10-27-20(16-6-8-26-9-7-16)19(22(29)24(27)30)21(28)17-12-15(3)13-18(25)23(17)31-4/h6-9,12-14,20,28H,5,10-11H2,1-4H3/b21-19+. The average Bonchev–Trinajstić information content (AvgIpc) is 3.01. The number of halogens is 1. The van der Waals surface area contributed by atoms with E-state index in [4.69, 9.17) is 21.1 Å². The third-order valence-corrected chi connectivity index (χ3v) is 5.48. The number of pyridine rings is 1. The first-order valence-corrected chi connectivity index (χ1v) is 10.8. The Morgan fingerprint density at radius 1 is 1.25 bits per heavy atom. The number of Topliss-reactive ketones (excluding diaryl/α,β-unsaturated/α-hetero) is 1. The van der Waals surface area contributed by atoms with Crippen LogP contribution < -0.4 is 4.74 Å².